The smallest absolute Gasteiger partial charge is 0.338 e. The van der Waals surface area contributed by atoms with E-state index in [4.69, 9.17) is 4.74 Å². The monoisotopic (exact) mass is 303 g/mol. The summed E-state index contributed by atoms with van der Waals surface area (Å²) in [5, 5.41) is 2.99. The molecule has 1 aliphatic carbocycles. The van der Waals surface area contributed by atoms with Gasteiger partial charge in [0.1, 0.15) is 0 Å². The average Bonchev–Trinajstić information content (AvgIpc) is 2.99. The SMILES string of the molecule is CC.COC(=O)c1cc2c(cc1C)CC1(CCCC1)C(=O)N2. The number of nitrogens with one attached hydrogen (secondary N) is 1. The molecule has 2 aliphatic rings. The molecule has 1 heterocycles. The molecule has 0 aromatic heterocycles. The molecule has 0 atom stereocenters. The number of amides is 1. The van der Waals surface area contributed by atoms with Crippen LogP contribution in [-0.2, 0) is 16.0 Å². The number of anilines is 1. The van der Waals surface area contributed by atoms with Crippen molar-refractivity contribution >= 4 is 17.6 Å². The van der Waals surface area contributed by atoms with Crippen LogP contribution in [0.5, 0.6) is 0 Å². The molecular formula is C18H25NO3. The fourth-order valence-electron chi connectivity index (χ4n) is 3.52. The normalized spacial score (nSPS) is 18.1. The maximum Gasteiger partial charge on any atom is 0.338 e. The Bertz CT molecular complexity index is 586. The van der Waals surface area contributed by atoms with Crippen LogP contribution in [0.2, 0.25) is 0 Å². The van der Waals surface area contributed by atoms with Crippen LogP contribution in [0, 0.1) is 12.3 Å². The molecule has 1 saturated carbocycles. The third-order valence-electron chi connectivity index (χ3n) is 4.67. The predicted molar refractivity (Wildman–Crippen MR) is 87.1 cm³/mol. The van der Waals surface area contributed by atoms with Crippen LogP contribution in [0.15, 0.2) is 12.1 Å². The third kappa shape index (κ3) is 2.74. The first-order valence-electron chi connectivity index (χ1n) is 8.09. The predicted octanol–water partition coefficient (Wildman–Crippen LogP) is 3.86. The van der Waals surface area contributed by atoms with Gasteiger partial charge in [0.25, 0.3) is 0 Å². The fraction of sp³-hybridized carbons (Fsp3) is 0.556. The average molecular weight is 303 g/mol. The highest BCUT2D eigenvalue weighted by molar-refractivity contribution is 6.01. The number of methoxy groups -OCH3 is 1. The van der Waals surface area contributed by atoms with Gasteiger partial charge >= 0.3 is 5.97 Å². The van der Waals surface area contributed by atoms with Crippen molar-refractivity contribution < 1.29 is 14.3 Å². The number of carbonyl (C=O) groups excluding carboxylic acids is 2. The zero-order valence-electron chi connectivity index (χ0n) is 13.9. The molecule has 1 aromatic rings. The maximum atomic E-state index is 12.4. The summed E-state index contributed by atoms with van der Waals surface area (Å²) in [7, 11) is 1.37. The highest BCUT2D eigenvalue weighted by Gasteiger charge is 2.44. The Balaban J connectivity index is 0.000000847. The van der Waals surface area contributed by atoms with Gasteiger partial charge in [-0.15, -0.1) is 0 Å². The van der Waals surface area contributed by atoms with Gasteiger partial charge in [0.05, 0.1) is 18.1 Å². The molecule has 1 aromatic carbocycles. The molecule has 3 rings (SSSR count). The lowest BCUT2D eigenvalue weighted by Crippen LogP contribution is -2.39. The molecule has 1 N–H and O–H groups in total. The van der Waals surface area contributed by atoms with Gasteiger partial charge in [0.15, 0.2) is 0 Å². The number of fused-ring (bicyclic) bond motifs is 1. The maximum absolute atomic E-state index is 12.4. The van der Waals surface area contributed by atoms with E-state index < -0.39 is 0 Å². The van der Waals surface area contributed by atoms with E-state index in [-0.39, 0.29) is 17.3 Å². The first-order valence-corrected chi connectivity index (χ1v) is 8.09. The molecular weight excluding hydrogens is 278 g/mol. The van der Waals surface area contributed by atoms with Crippen LogP contribution in [0.3, 0.4) is 0 Å². The largest absolute Gasteiger partial charge is 0.465 e. The van der Waals surface area contributed by atoms with E-state index in [0.717, 1.165) is 48.9 Å². The lowest BCUT2D eigenvalue weighted by molar-refractivity contribution is -0.125. The second-order valence-corrected chi connectivity index (χ2v) is 5.93. The summed E-state index contributed by atoms with van der Waals surface area (Å²) in [5.41, 5.74) is 3.11. The number of rotatable bonds is 1. The van der Waals surface area contributed by atoms with E-state index in [0.29, 0.717) is 5.56 Å². The summed E-state index contributed by atoms with van der Waals surface area (Å²) in [5.74, 6) is -0.247. The number of aryl methyl sites for hydroxylation is 1. The third-order valence-corrected chi connectivity index (χ3v) is 4.67. The van der Waals surface area contributed by atoms with Gasteiger partial charge in [-0.1, -0.05) is 32.8 Å². The summed E-state index contributed by atoms with van der Waals surface area (Å²) >= 11 is 0. The van der Waals surface area contributed by atoms with Gasteiger partial charge in [0.2, 0.25) is 5.91 Å². The molecule has 1 amide bonds. The molecule has 120 valence electrons. The Morgan fingerprint density at radius 3 is 2.45 bits per heavy atom. The lowest BCUT2D eigenvalue weighted by Gasteiger charge is -2.34. The standard InChI is InChI=1S/C16H19NO3.C2H6/c1-10-7-11-9-16(5-3-4-6-16)15(19)17-13(11)8-12(10)14(18)20-2;1-2/h7-8H,3-6,9H2,1-2H3,(H,17,19);1-2H3. The lowest BCUT2D eigenvalue weighted by atomic mass is 9.76. The minimum Gasteiger partial charge on any atom is -0.465 e. The number of ether oxygens (including phenoxy) is 1. The van der Waals surface area contributed by atoms with Crippen molar-refractivity contribution in [2.75, 3.05) is 12.4 Å². The van der Waals surface area contributed by atoms with E-state index in [1.54, 1.807) is 6.07 Å². The Kier molecular flexibility index (Phi) is 4.89. The number of carbonyl (C=O) groups is 2. The number of hydrogen-bond acceptors (Lipinski definition) is 3. The molecule has 22 heavy (non-hydrogen) atoms. The number of benzene rings is 1. The van der Waals surface area contributed by atoms with Crippen LogP contribution in [0.4, 0.5) is 5.69 Å². The van der Waals surface area contributed by atoms with Crippen LogP contribution >= 0.6 is 0 Å². The van der Waals surface area contributed by atoms with E-state index in [2.05, 4.69) is 5.32 Å². The minimum absolute atomic E-state index is 0.113. The van der Waals surface area contributed by atoms with Crippen LogP contribution in [-0.4, -0.2) is 19.0 Å². The Morgan fingerprint density at radius 2 is 1.86 bits per heavy atom. The van der Waals surface area contributed by atoms with Crippen molar-refractivity contribution in [3.8, 4) is 0 Å². The molecule has 1 spiro atoms. The molecule has 1 fully saturated rings. The first-order chi connectivity index (χ1) is 10.6. The fourth-order valence-corrected chi connectivity index (χ4v) is 3.52. The quantitative estimate of drug-likeness (QED) is 0.801. The number of hydrogen-bond donors (Lipinski definition) is 1. The summed E-state index contributed by atoms with van der Waals surface area (Å²) in [6.45, 7) is 5.91. The Hall–Kier alpha value is -1.84. The van der Waals surface area contributed by atoms with Gasteiger partial charge in [-0.2, -0.15) is 0 Å². The van der Waals surface area contributed by atoms with E-state index in [9.17, 15) is 9.59 Å². The van der Waals surface area contributed by atoms with Crippen LogP contribution in [0.25, 0.3) is 0 Å². The van der Waals surface area contributed by atoms with Crippen molar-refractivity contribution in [2.24, 2.45) is 5.41 Å². The van der Waals surface area contributed by atoms with Crippen molar-refractivity contribution in [1.82, 2.24) is 0 Å². The van der Waals surface area contributed by atoms with Gasteiger partial charge in [-0.3, -0.25) is 4.79 Å². The molecule has 0 bridgehead atoms. The highest BCUT2D eigenvalue weighted by Crippen LogP contribution is 2.46. The molecule has 0 unspecified atom stereocenters. The molecule has 4 nitrogen and oxygen atoms in total. The van der Waals surface area contributed by atoms with Crippen LogP contribution < -0.4 is 5.32 Å². The zero-order valence-corrected chi connectivity index (χ0v) is 13.9. The van der Waals surface area contributed by atoms with E-state index >= 15 is 0 Å². The number of esters is 1. The van der Waals surface area contributed by atoms with Crippen molar-refractivity contribution in [1.29, 1.82) is 0 Å². The van der Waals surface area contributed by atoms with E-state index in [1.165, 1.54) is 7.11 Å². The summed E-state index contributed by atoms with van der Waals surface area (Å²) in [6.07, 6.45) is 4.98. The Labute approximate surface area is 132 Å². The second kappa shape index (κ2) is 6.51. The minimum atomic E-state index is -0.360. The van der Waals surface area contributed by atoms with Crippen molar-refractivity contribution in [3.05, 3.63) is 28.8 Å². The van der Waals surface area contributed by atoms with Crippen molar-refractivity contribution in [2.45, 2.75) is 52.9 Å². The highest BCUT2D eigenvalue weighted by atomic mass is 16.5. The van der Waals surface area contributed by atoms with Gasteiger partial charge in [-0.05, 0) is 43.4 Å². The van der Waals surface area contributed by atoms with E-state index in [1.807, 2.05) is 26.8 Å². The van der Waals surface area contributed by atoms with Gasteiger partial charge in [0, 0.05) is 5.69 Å². The zero-order chi connectivity index (χ0) is 16.3. The molecule has 1 aliphatic heterocycles. The second-order valence-electron chi connectivity index (χ2n) is 5.93. The van der Waals surface area contributed by atoms with Gasteiger partial charge in [-0.25, -0.2) is 4.79 Å². The van der Waals surface area contributed by atoms with Crippen LogP contribution in [0.1, 0.15) is 61.0 Å². The summed E-state index contributed by atoms with van der Waals surface area (Å²) in [6, 6.07) is 3.76. The summed E-state index contributed by atoms with van der Waals surface area (Å²) in [4.78, 5) is 24.1. The molecule has 0 radical (unpaired) electrons. The Morgan fingerprint density at radius 1 is 1.23 bits per heavy atom. The van der Waals surface area contributed by atoms with Gasteiger partial charge < -0.3 is 10.1 Å². The van der Waals surface area contributed by atoms with Crippen molar-refractivity contribution in [3.63, 3.8) is 0 Å². The molecule has 4 heteroatoms. The first kappa shape index (κ1) is 16.5. The summed E-state index contributed by atoms with van der Waals surface area (Å²) < 4.78 is 4.78. The molecule has 0 saturated heterocycles. The topological polar surface area (TPSA) is 55.4 Å².